The van der Waals surface area contributed by atoms with E-state index in [1.54, 1.807) is 31.2 Å². The van der Waals surface area contributed by atoms with Gasteiger partial charge in [0.2, 0.25) is 0 Å². The van der Waals surface area contributed by atoms with E-state index >= 15 is 0 Å². The maximum absolute atomic E-state index is 13.2. The molecule has 0 radical (unpaired) electrons. The van der Waals surface area contributed by atoms with Gasteiger partial charge in [0, 0.05) is 0 Å². The number of hydrogen-bond acceptors (Lipinski definition) is 1. The molecule has 0 spiro atoms. The van der Waals surface area contributed by atoms with Crippen molar-refractivity contribution >= 4 is 0 Å². The largest absolute Gasteiger partial charge is 0.419 e. The third kappa shape index (κ3) is 2.82. The summed E-state index contributed by atoms with van der Waals surface area (Å²) < 4.78 is 51.2. The Kier molecular flexibility index (Phi) is 3.81. The minimum absolute atomic E-state index is 0.00743. The smallest absolute Gasteiger partial charge is 0.384 e. The normalized spacial score (nSPS) is 13.3. The molecule has 20 heavy (non-hydrogen) atoms. The van der Waals surface area contributed by atoms with Crippen LogP contribution >= 0.6 is 0 Å². The number of hydrogen-bond donors (Lipinski definition) is 1. The summed E-state index contributed by atoms with van der Waals surface area (Å²) in [6.07, 6.45) is -6.01. The molecule has 0 heterocycles. The molecule has 106 valence electrons. The van der Waals surface area contributed by atoms with Crippen LogP contribution in [0.15, 0.2) is 42.5 Å². The molecule has 0 fully saturated rings. The van der Waals surface area contributed by atoms with Gasteiger partial charge in [-0.25, -0.2) is 4.39 Å². The molecule has 0 aromatic heterocycles. The van der Waals surface area contributed by atoms with E-state index in [-0.39, 0.29) is 5.56 Å². The Morgan fingerprint density at radius 1 is 1.05 bits per heavy atom. The van der Waals surface area contributed by atoms with Gasteiger partial charge in [0.05, 0.1) is 5.56 Å². The molecular formula is C15H12F4O. The SMILES string of the molecule is Cc1ccccc1C(O)c1ccc(F)c(C(F)(F)F)c1. The third-order valence-electron chi connectivity index (χ3n) is 3.09. The summed E-state index contributed by atoms with van der Waals surface area (Å²) in [5, 5.41) is 10.2. The second kappa shape index (κ2) is 5.25. The highest BCUT2D eigenvalue weighted by Crippen LogP contribution is 2.34. The van der Waals surface area contributed by atoms with Gasteiger partial charge in [0.1, 0.15) is 11.9 Å². The predicted octanol–water partition coefficient (Wildman–Crippen LogP) is 4.23. The van der Waals surface area contributed by atoms with Crippen LogP contribution in [-0.4, -0.2) is 5.11 Å². The van der Waals surface area contributed by atoms with E-state index in [0.717, 1.165) is 17.7 Å². The van der Waals surface area contributed by atoms with E-state index in [4.69, 9.17) is 0 Å². The minimum atomic E-state index is -4.79. The number of benzene rings is 2. The van der Waals surface area contributed by atoms with Crippen molar-refractivity contribution in [2.75, 3.05) is 0 Å². The highest BCUT2D eigenvalue weighted by molar-refractivity contribution is 5.37. The molecular weight excluding hydrogens is 272 g/mol. The van der Waals surface area contributed by atoms with Crippen molar-refractivity contribution in [3.8, 4) is 0 Å². The molecule has 2 aromatic carbocycles. The number of aliphatic hydroxyl groups is 1. The fraction of sp³-hybridized carbons (Fsp3) is 0.200. The lowest BCUT2D eigenvalue weighted by Crippen LogP contribution is -2.10. The Labute approximate surface area is 113 Å². The van der Waals surface area contributed by atoms with Gasteiger partial charge in [-0.1, -0.05) is 30.3 Å². The molecule has 2 rings (SSSR count). The lowest BCUT2D eigenvalue weighted by Gasteiger charge is -2.16. The standard InChI is InChI=1S/C15H12F4O/c1-9-4-2-3-5-11(9)14(20)10-6-7-13(16)12(8-10)15(17,18)19/h2-8,14,20H,1H3. The molecule has 1 atom stereocenters. The Morgan fingerprint density at radius 2 is 1.70 bits per heavy atom. The first-order valence-electron chi connectivity index (χ1n) is 5.91. The maximum atomic E-state index is 13.2. The second-order valence-corrected chi connectivity index (χ2v) is 4.50. The van der Waals surface area contributed by atoms with Gasteiger partial charge < -0.3 is 5.11 Å². The zero-order chi connectivity index (χ0) is 14.9. The number of rotatable bonds is 2. The predicted molar refractivity (Wildman–Crippen MR) is 66.6 cm³/mol. The highest BCUT2D eigenvalue weighted by Gasteiger charge is 2.34. The van der Waals surface area contributed by atoms with Gasteiger partial charge in [-0.3, -0.25) is 0 Å². The molecule has 5 heteroatoms. The van der Waals surface area contributed by atoms with Crippen LogP contribution in [0.1, 0.15) is 28.4 Å². The van der Waals surface area contributed by atoms with Crippen molar-refractivity contribution < 1.29 is 22.7 Å². The average molecular weight is 284 g/mol. The Hall–Kier alpha value is -1.88. The molecule has 0 aliphatic rings. The lowest BCUT2D eigenvalue weighted by atomic mass is 9.96. The van der Waals surface area contributed by atoms with Crippen molar-refractivity contribution in [3.05, 3.63) is 70.5 Å². The van der Waals surface area contributed by atoms with E-state index in [1.165, 1.54) is 0 Å². The molecule has 0 bridgehead atoms. The molecule has 0 saturated heterocycles. The van der Waals surface area contributed by atoms with Crippen LogP contribution in [0.4, 0.5) is 17.6 Å². The van der Waals surface area contributed by atoms with Crippen LogP contribution in [0.2, 0.25) is 0 Å². The highest BCUT2D eigenvalue weighted by atomic mass is 19.4. The van der Waals surface area contributed by atoms with Crippen molar-refractivity contribution in [3.63, 3.8) is 0 Å². The first-order chi connectivity index (χ1) is 9.30. The van der Waals surface area contributed by atoms with Crippen LogP contribution in [0.25, 0.3) is 0 Å². The third-order valence-corrected chi connectivity index (χ3v) is 3.09. The molecule has 2 aromatic rings. The van der Waals surface area contributed by atoms with Crippen LogP contribution in [0.3, 0.4) is 0 Å². The van der Waals surface area contributed by atoms with Crippen molar-refractivity contribution in [2.45, 2.75) is 19.2 Å². The Balaban J connectivity index is 2.46. The number of aryl methyl sites for hydroxylation is 1. The minimum Gasteiger partial charge on any atom is -0.384 e. The van der Waals surface area contributed by atoms with Crippen LogP contribution in [0.5, 0.6) is 0 Å². The molecule has 1 unspecified atom stereocenters. The van der Waals surface area contributed by atoms with E-state index in [9.17, 15) is 22.7 Å². The summed E-state index contributed by atoms with van der Waals surface area (Å²) >= 11 is 0. The average Bonchev–Trinajstić information content (AvgIpc) is 2.37. The summed E-state index contributed by atoms with van der Waals surface area (Å²) in [4.78, 5) is 0. The summed E-state index contributed by atoms with van der Waals surface area (Å²) in [6.45, 7) is 1.74. The zero-order valence-electron chi connectivity index (χ0n) is 10.6. The Bertz CT molecular complexity index is 620. The molecule has 0 aliphatic carbocycles. The molecule has 1 N–H and O–H groups in total. The quantitative estimate of drug-likeness (QED) is 0.818. The maximum Gasteiger partial charge on any atom is 0.419 e. The van der Waals surface area contributed by atoms with Gasteiger partial charge >= 0.3 is 6.18 Å². The monoisotopic (exact) mass is 284 g/mol. The topological polar surface area (TPSA) is 20.2 Å². The van der Waals surface area contributed by atoms with Gasteiger partial charge in [-0.15, -0.1) is 0 Å². The van der Waals surface area contributed by atoms with Gasteiger partial charge in [-0.2, -0.15) is 13.2 Å². The van der Waals surface area contributed by atoms with Crippen LogP contribution in [-0.2, 0) is 6.18 Å². The molecule has 0 aliphatic heterocycles. The van der Waals surface area contributed by atoms with E-state index < -0.39 is 23.7 Å². The first kappa shape index (κ1) is 14.5. The second-order valence-electron chi connectivity index (χ2n) is 4.50. The molecule has 1 nitrogen and oxygen atoms in total. The van der Waals surface area contributed by atoms with Crippen molar-refractivity contribution in [1.29, 1.82) is 0 Å². The first-order valence-corrected chi connectivity index (χ1v) is 5.91. The number of alkyl halides is 3. The fourth-order valence-electron chi connectivity index (χ4n) is 2.00. The van der Waals surface area contributed by atoms with E-state index in [0.29, 0.717) is 11.6 Å². The Morgan fingerprint density at radius 3 is 2.30 bits per heavy atom. The number of aliphatic hydroxyl groups excluding tert-OH is 1. The van der Waals surface area contributed by atoms with Crippen molar-refractivity contribution in [2.24, 2.45) is 0 Å². The summed E-state index contributed by atoms with van der Waals surface area (Å²) in [5.41, 5.74) is -0.124. The van der Waals surface area contributed by atoms with E-state index in [1.807, 2.05) is 0 Å². The van der Waals surface area contributed by atoms with Gasteiger partial charge in [0.15, 0.2) is 0 Å². The summed E-state index contributed by atoms with van der Waals surface area (Å²) in [6, 6.07) is 9.33. The number of halogens is 4. The fourth-order valence-corrected chi connectivity index (χ4v) is 2.00. The van der Waals surface area contributed by atoms with Crippen LogP contribution < -0.4 is 0 Å². The lowest BCUT2D eigenvalue weighted by molar-refractivity contribution is -0.140. The molecule has 0 saturated carbocycles. The summed E-state index contributed by atoms with van der Waals surface area (Å²) in [7, 11) is 0. The van der Waals surface area contributed by atoms with Crippen molar-refractivity contribution in [1.82, 2.24) is 0 Å². The van der Waals surface area contributed by atoms with E-state index in [2.05, 4.69) is 0 Å². The van der Waals surface area contributed by atoms with Gasteiger partial charge in [-0.05, 0) is 35.7 Å². The van der Waals surface area contributed by atoms with Gasteiger partial charge in [0.25, 0.3) is 0 Å². The zero-order valence-corrected chi connectivity index (χ0v) is 10.6. The summed E-state index contributed by atoms with van der Waals surface area (Å²) in [5.74, 6) is -1.35. The molecule has 0 amide bonds. The van der Waals surface area contributed by atoms with Crippen LogP contribution in [0, 0.1) is 12.7 Å².